The number of nitrogens with zero attached hydrogens (tertiary/aromatic N) is 4. The second-order valence-electron chi connectivity index (χ2n) is 14.8. The highest BCUT2D eigenvalue weighted by Gasteiger charge is 2.41. The molecule has 14 heteroatoms. The number of nitrogens with one attached hydrogen (secondary N) is 4. The molecule has 0 spiro atoms. The maximum absolute atomic E-state index is 13.3. The molecule has 2 aromatic heterocycles. The number of hydrogen-bond acceptors (Lipinski definition) is 8. The van der Waals surface area contributed by atoms with Gasteiger partial charge in [-0.1, -0.05) is 62.4 Å². The van der Waals surface area contributed by atoms with Crippen LogP contribution in [0.25, 0.3) is 44.4 Å². The molecule has 6 rings (SSSR count). The van der Waals surface area contributed by atoms with Crippen LogP contribution < -0.4 is 10.6 Å². The molecule has 294 valence electrons. The van der Waals surface area contributed by atoms with E-state index in [0.29, 0.717) is 31.3 Å². The number of hydrogen-bond donors (Lipinski definition) is 4. The van der Waals surface area contributed by atoms with Crippen molar-refractivity contribution in [1.29, 1.82) is 0 Å². The fourth-order valence-corrected chi connectivity index (χ4v) is 6.70. The van der Waals surface area contributed by atoms with Gasteiger partial charge in [-0.15, -0.1) is 0 Å². The quantitative estimate of drug-likeness (QED) is 0.0918. The van der Waals surface area contributed by atoms with E-state index in [9.17, 15) is 19.2 Å². The third-order valence-corrected chi connectivity index (χ3v) is 10.2. The number of aromatic nitrogens is 4. The number of alkyl carbamates (subject to hydrolysis) is 2. The van der Waals surface area contributed by atoms with Crippen molar-refractivity contribution in [2.24, 2.45) is 5.41 Å². The number of fused-ring (bicyclic) bond motifs is 1. The maximum atomic E-state index is 13.3. The number of aromatic amines is 2. The van der Waals surface area contributed by atoms with Gasteiger partial charge in [-0.2, -0.15) is 0 Å². The molecule has 5 aromatic rings. The van der Waals surface area contributed by atoms with E-state index in [1.165, 1.54) is 14.2 Å². The minimum absolute atomic E-state index is 0.0777. The van der Waals surface area contributed by atoms with Crippen molar-refractivity contribution in [1.82, 2.24) is 40.4 Å². The minimum Gasteiger partial charge on any atom is -0.453 e. The molecule has 4 amide bonds. The van der Waals surface area contributed by atoms with Crippen molar-refractivity contribution in [2.45, 2.75) is 72.1 Å². The molecule has 1 fully saturated rings. The summed E-state index contributed by atoms with van der Waals surface area (Å²) < 4.78 is 9.32. The van der Waals surface area contributed by atoms with Crippen LogP contribution in [-0.4, -0.2) is 93.1 Å². The Hall–Kier alpha value is -6.18. The van der Waals surface area contributed by atoms with Crippen molar-refractivity contribution in [3.63, 3.8) is 0 Å². The van der Waals surface area contributed by atoms with Crippen LogP contribution in [0.15, 0.2) is 73.1 Å². The topological polar surface area (TPSA) is 175 Å². The third-order valence-electron chi connectivity index (χ3n) is 10.2. The first-order chi connectivity index (χ1) is 26.9. The zero-order valence-corrected chi connectivity index (χ0v) is 32.8. The minimum atomic E-state index is -0.729. The lowest BCUT2D eigenvalue weighted by Crippen LogP contribution is -2.48. The lowest BCUT2D eigenvalue weighted by molar-refractivity contribution is -0.134. The van der Waals surface area contributed by atoms with Gasteiger partial charge in [0.25, 0.3) is 0 Å². The monoisotopic (exact) mass is 762 g/mol. The largest absolute Gasteiger partial charge is 0.453 e. The molecule has 1 saturated carbocycles. The van der Waals surface area contributed by atoms with Gasteiger partial charge in [0, 0.05) is 18.7 Å². The molecule has 0 saturated heterocycles. The molecular formula is C42H50N8O6. The van der Waals surface area contributed by atoms with E-state index in [1.54, 1.807) is 36.0 Å². The molecule has 0 bridgehead atoms. The highest BCUT2D eigenvalue weighted by molar-refractivity contribution is 5.91. The summed E-state index contributed by atoms with van der Waals surface area (Å²) in [5, 5.41) is 7.29. The summed E-state index contributed by atoms with van der Waals surface area (Å²) in [5.41, 5.74) is 5.87. The van der Waals surface area contributed by atoms with Crippen molar-refractivity contribution in [2.75, 3.05) is 27.3 Å². The van der Waals surface area contributed by atoms with Gasteiger partial charge in [-0.05, 0) is 78.1 Å². The van der Waals surface area contributed by atoms with Crippen molar-refractivity contribution in [3.8, 4) is 33.6 Å². The second kappa shape index (κ2) is 17.1. The van der Waals surface area contributed by atoms with Crippen LogP contribution in [0, 0.1) is 5.41 Å². The number of H-pyrrole nitrogens is 2. The number of methoxy groups -OCH3 is 2. The van der Waals surface area contributed by atoms with Gasteiger partial charge in [-0.3, -0.25) is 9.59 Å². The van der Waals surface area contributed by atoms with E-state index < -0.39 is 24.3 Å². The molecule has 0 radical (unpaired) electrons. The smallest absolute Gasteiger partial charge is 0.407 e. The Morgan fingerprint density at radius 2 is 1.18 bits per heavy atom. The summed E-state index contributed by atoms with van der Waals surface area (Å²) in [6, 6.07) is 19.4. The van der Waals surface area contributed by atoms with E-state index in [-0.39, 0.29) is 23.8 Å². The summed E-state index contributed by atoms with van der Waals surface area (Å²) in [5.74, 6) is 0.919. The lowest BCUT2D eigenvalue weighted by Gasteiger charge is -2.28. The standard InChI is InChI=1S/C42H50N8O6/c1-7-18-49(38(51)26(2)45-40(53)55-5)23-36-44-22-35(48-36)33-15-14-31-19-30(12-13-32(31)20-33)28-8-10-29(11-9-28)34-21-43-37(47-34)24-50(25-42(4)16-17-42)39(52)27(3)46-41(54)56-6/h8-15,19-22,26-27H,7,16-18,23-25H2,1-6H3,(H,43,47)(H,44,48)(H,45,53)(H,46,54)/t26-,27-/m0/s1. The van der Waals surface area contributed by atoms with Gasteiger partial charge in [0.05, 0.1) is 51.1 Å². The fraction of sp³-hybridized carbons (Fsp3) is 0.381. The Bertz CT molecular complexity index is 2190. The summed E-state index contributed by atoms with van der Waals surface area (Å²) in [4.78, 5) is 69.1. The molecular weight excluding hydrogens is 713 g/mol. The van der Waals surface area contributed by atoms with Gasteiger partial charge < -0.3 is 39.9 Å². The first-order valence-corrected chi connectivity index (χ1v) is 18.9. The van der Waals surface area contributed by atoms with E-state index in [1.807, 2.05) is 6.92 Å². The van der Waals surface area contributed by atoms with E-state index in [2.05, 4.69) is 108 Å². The summed E-state index contributed by atoms with van der Waals surface area (Å²) in [7, 11) is 2.54. The Balaban J connectivity index is 1.11. The van der Waals surface area contributed by atoms with Crippen LogP contribution in [0.4, 0.5) is 9.59 Å². The summed E-state index contributed by atoms with van der Waals surface area (Å²) in [6.07, 6.45) is 5.13. The summed E-state index contributed by atoms with van der Waals surface area (Å²) >= 11 is 0. The number of benzene rings is 3. The molecule has 1 aliphatic rings. The fourth-order valence-electron chi connectivity index (χ4n) is 6.70. The van der Waals surface area contributed by atoms with Gasteiger partial charge in [0.2, 0.25) is 11.8 Å². The molecule has 1 aliphatic carbocycles. The Labute approximate surface area is 326 Å². The van der Waals surface area contributed by atoms with Crippen molar-refractivity contribution >= 4 is 34.8 Å². The molecule has 3 aromatic carbocycles. The highest BCUT2D eigenvalue weighted by atomic mass is 16.5. The van der Waals surface area contributed by atoms with E-state index in [0.717, 1.165) is 63.7 Å². The van der Waals surface area contributed by atoms with Crippen LogP contribution in [0.2, 0.25) is 0 Å². The average Bonchev–Trinajstić information content (AvgIpc) is 3.52. The molecule has 56 heavy (non-hydrogen) atoms. The number of imidazole rings is 2. The van der Waals surface area contributed by atoms with Crippen LogP contribution >= 0.6 is 0 Å². The second-order valence-corrected chi connectivity index (χ2v) is 14.8. The Morgan fingerprint density at radius 1 is 0.714 bits per heavy atom. The predicted octanol–water partition coefficient (Wildman–Crippen LogP) is 6.64. The van der Waals surface area contributed by atoms with Gasteiger partial charge >= 0.3 is 12.2 Å². The van der Waals surface area contributed by atoms with Gasteiger partial charge in [0.1, 0.15) is 23.7 Å². The van der Waals surface area contributed by atoms with Crippen LogP contribution in [-0.2, 0) is 32.2 Å². The number of ether oxygens (including phenoxy) is 2. The third kappa shape index (κ3) is 9.54. The molecule has 2 heterocycles. The molecule has 14 nitrogen and oxygen atoms in total. The first kappa shape index (κ1) is 39.5. The average molecular weight is 763 g/mol. The van der Waals surface area contributed by atoms with E-state index >= 15 is 0 Å². The lowest BCUT2D eigenvalue weighted by atomic mass is 9.98. The first-order valence-electron chi connectivity index (χ1n) is 18.9. The molecule has 4 N–H and O–H groups in total. The predicted molar refractivity (Wildman–Crippen MR) is 213 cm³/mol. The summed E-state index contributed by atoms with van der Waals surface area (Å²) in [6.45, 7) is 9.15. The van der Waals surface area contributed by atoms with Gasteiger partial charge in [-0.25, -0.2) is 19.6 Å². The highest BCUT2D eigenvalue weighted by Crippen LogP contribution is 2.45. The van der Waals surface area contributed by atoms with Crippen molar-refractivity contribution < 1.29 is 28.7 Å². The molecule has 0 aliphatic heterocycles. The molecule has 2 atom stereocenters. The number of carbonyl (C=O) groups excluding carboxylic acids is 4. The maximum Gasteiger partial charge on any atom is 0.407 e. The SMILES string of the molecule is CCCN(Cc1ncc(-c2ccc3cc(-c4ccc(-c5cnc(CN(CC6(C)CC6)C(=O)[C@H](C)NC(=O)OC)[nH]5)cc4)ccc3c2)[nH]1)C(=O)[C@H](C)NC(=O)OC. The Morgan fingerprint density at radius 3 is 1.71 bits per heavy atom. The van der Waals surface area contributed by atoms with Gasteiger partial charge in [0.15, 0.2) is 0 Å². The number of rotatable bonds is 15. The van der Waals surface area contributed by atoms with Crippen LogP contribution in [0.1, 0.15) is 58.6 Å². The van der Waals surface area contributed by atoms with Crippen molar-refractivity contribution in [3.05, 3.63) is 84.7 Å². The van der Waals surface area contributed by atoms with Crippen LogP contribution in [0.3, 0.4) is 0 Å². The number of carbonyl (C=O) groups is 4. The zero-order chi connectivity index (χ0) is 40.0. The number of amides is 4. The van der Waals surface area contributed by atoms with E-state index in [4.69, 9.17) is 0 Å². The van der Waals surface area contributed by atoms with Crippen LogP contribution in [0.5, 0.6) is 0 Å². The Kier molecular flexibility index (Phi) is 12.1. The molecule has 0 unspecified atom stereocenters. The normalized spacial score (nSPS) is 14.0. The zero-order valence-electron chi connectivity index (χ0n) is 32.8.